The number of benzene rings is 4. The van der Waals surface area contributed by atoms with Gasteiger partial charge in [0.25, 0.3) is 5.56 Å². The van der Waals surface area contributed by atoms with Crippen LogP contribution in [0.15, 0.2) is 125 Å². The molecule has 0 aliphatic rings. The second kappa shape index (κ2) is 9.99. The zero-order chi connectivity index (χ0) is 24.2. The van der Waals surface area contributed by atoms with Crippen molar-refractivity contribution in [2.75, 3.05) is 4.90 Å². The number of hydrogen-bond donors (Lipinski definition) is 0. The number of carbonyl (C=O) groups is 1. The van der Waals surface area contributed by atoms with Gasteiger partial charge in [0.15, 0.2) is 5.16 Å². The number of nitrogens with zero attached hydrogens (tertiary/aromatic N) is 3. The number of amides is 1. The Morgan fingerprint density at radius 3 is 1.89 bits per heavy atom. The monoisotopic (exact) mass is 477 g/mol. The number of aromatic nitrogens is 2. The maximum atomic E-state index is 13.8. The predicted octanol–water partition coefficient (Wildman–Crippen LogP) is 6.23. The van der Waals surface area contributed by atoms with Crippen LogP contribution < -0.4 is 10.5 Å². The van der Waals surface area contributed by atoms with Crippen LogP contribution in [-0.2, 0) is 4.79 Å². The molecule has 0 radical (unpaired) electrons. The first-order valence-electron chi connectivity index (χ1n) is 11.3. The summed E-state index contributed by atoms with van der Waals surface area (Å²) in [6.45, 7) is 1.85. The molecule has 1 atom stereocenters. The van der Waals surface area contributed by atoms with Gasteiger partial charge in [-0.3, -0.25) is 19.1 Å². The summed E-state index contributed by atoms with van der Waals surface area (Å²) in [7, 11) is 0. The molecule has 5 aromatic rings. The lowest BCUT2D eigenvalue weighted by Gasteiger charge is -2.26. The summed E-state index contributed by atoms with van der Waals surface area (Å²) in [5.74, 6) is -0.102. The lowest BCUT2D eigenvalue weighted by Crippen LogP contribution is -2.33. The topological polar surface area (TPSA) is 55.2 Å². The SMILES string of the molecule is CC(Sc1nc2ccccc2c(=O)n1-c1ccccc1)C(=O)N(c1ccccc1)c1ccccc1. The average molecular weight is 478 g/mol. The van der Waals surface area contributed by atoms with Crippen molar-refractivity contribution in [2.45, 2.75) is 17.3 Å². The molecule has 0 aliphatic heterocycles. The Hall–Kier alpha value is -4.16. The van der Waals surface area contributed by atoms with Crippen molar-refractivity contribution < 1.29 is 4.79 Å². The molecule has 0 aliphatic carbocycles. The maximum Gasteiger partial charge on any atom is 0.266 e. The molecule has 0 spiro atoms. The second-order valence-electron chi connectivity index (χ2n) is 7.99. The highest BCUT2D eigenvalue weighted by Crippen LogP contribution is 2.31. The molecule has 35 heavy (non-hydrogen) atoms. The van der Waals surface area contributed by atoms with Crippen molar-refractivity contribution in [3.63, 3.8) is 0 Å². The van der Waals surface area contributed by atoms with Gasteiger partial charge in [-0.2, -0.15) is 0 Å². The molecule has 0 N–H and O–H groups in total. The Kier molecular flexibility index (Phi) is 6.46. The van der Waals surface area contributed by atoms with Gasteiger partial charge < -0.3 is 0 Å². The van der Waals surface area contributed by atoms with Gasteiger partial charge in [0.05, 0.1) is 21.8 Å². The summed E-state index contributed by atoms with van der Waals surface area (Å²) in [4.78, 5) is 33.8. The minimum absolute atomic E-state index is 0.102. The van der Waals surface area contributed by atoms with Crippen molar-refractivity contribution in [2.24, 2.45) is 0 Å². The quantitative estimate of drug-likeness (QED) is 0.215. The van der Waals surface area contributed by atoms with E-state index in [-0.39, 0.29) is 11.5 Å². The number of fused-ring (bicyclic) bond motifs is 1. The normalized spacial score (nSPS) is 11.8. The third-order valence-corrected chi connectivity index (χ3v) is 6.68. The van der Waals surface area contributed by atoms with Crippen LogP contribution in [0.4, 0.5) is 11.4 Å². The number of carbonyl (C=O) groups excluding carboxylic acids is 1. The Balaban J connectivity index is 1.58. The third-order valence-electron chi connectivity index (χ3n) is 5.64. The van der Waals surface area contributed by atoms with E-state index in [0.29, 0.717) is 21.7 Å². The fourth-order valence-corrected chi connectivity index (χ4v) is 4.91. The molecular formula is C29H23N3O2S. The van der Waals surface area contributed by atoms with Gasteiger partial charge in [-0.15, -0.1) is 0 Å². The molecule has 1 heterocycles. The summed E-state index contributed by atoms with van der Waals surface area (Å²) in [6, 6.07) is 35.8. The fourth-order valence-electron chi connectivity index (χ4n) is 3.94. The first-order valence-corrected chi connectivity index (χ1v) is 12.2. The van der Waals surface area contributed by atoms with E-state index in [2.05, 4.69) is 0 Å². The Morgan fingerprint density at radius 1 is 0.771 bits per heavy atom. The van der Waals surface area contributed by atoms with E-state index in [1.54, 1.807) is 15.5 Å². The minimum Gasteiger partial charge on any atom is -0.280 e. The first-order chi connectivity index (χ1) is 17.1. The average Bonchev–Trinajstić information content (AvgIpc) is 2.91. The summed E-state index contributed by atoms with van der Waals surface area (Å²) >= 11 is 1.28. The van der Waals surface area contributed by atoms with Crippen LogP contribution in [0.2, 0.25) is 0 Å². The lowest BCUT2D eigenvalue weighted by atomic mass is 10.2. The molecule has 0 saturated heterocycles. The number of anilines is 2. The largest absolute Gasteiger partial charge is 0.280 e. The summed E-state index contributed by atoms with van der Waals surface area (Å²) < 4.78 is 1.59. The Labute approximate surface area is 207 Å². The zero-order valence-electron chi connectivity index (χ0n) is 19.1. The van der Waals surface area contributed by atoms with Crippen LogP contribution in [0.25, 0.3) is 16.6 Å². The smallest absolute Gasteiger partial charge is 0.266 e. The van der Waals surface area contributed by atoms with Crippen LogP contribution in [0.5, 0.6) is 0 Å². The van der Waals surface area contributed by atoms with Crippen molar-refractivity contribution >= 4 is 39.9 Å². The van der Waals surface area contributed by atoms with E-state index in [1.807, 2.05) is 116 Å². The molecule has 0 saturated carbocycles. The van der Waals surface area contributed by atoms with Gasteiger partial charge in [-0.1, -0.05) is 78.5 Å². The van der Waals surface area contributed by atoms with E-state index in [1.165, 1.54) is 11.8 Å². The number of rotatable bonds is 6. The molecule has 5 rings (SSSR count). The van der Waals surface area contributed by atoms with Gasteiger partial charge in [0.1, 0.15) is 0 Å². The molecular weight excluding hydrogens is 454 g/mol. The molecule has 6 heteroatoms. The first kappa shape index (κ1) is 22.6. The minimum atomic E-state index is -0.515. The van der Waals surface area contributed by atoms with E-state index >= 15 is 0 Å². The van der Waals surface area contributed by atoms with Gasteiger partial charge in [0, 0.05) is 11.4 Å². The molecule has 1 aromatic heterocycles. The van der Waals surface area contributed by atoms with Gasteiger partial charge >= 0.3 is 0 Å². The van der Waals surface area contributed by atoms with E-state index < -0.39 is 5.25 Å². The third kappa shape index (κ3) is 4.61. The number of para-hydroxylation sites is 4. The van der Waals surface area contributed by atoms with Crippen LogP contribution in [0.1, 0.15) is 6.92 Å². The van der Waals surface area contributed by atoms with Crippen LogP contribution in [0.3, 0.4) is 0 Å². The standard InChI is InChI=1S/C29H23N3O2S/c1-21(27(33)31(22-13-5-2-6-14-22)23-15-7-3-8-16-23)35-29-30-26-20-12-11-19-25(26)28(34)32(29)24-17-9-4-10-18-24/h2-21H,1H3. The van der Waals surface area contributed by atoms with Crippen LogP contribution in [-0.4, -0.2) is 20.7 Å². The van der Waals surface area contributed by atoms with Gasteiger partial charge in [-0.25, -0.2) is 4.98 Å². The van der Waals surface area contributed by atoms with Crippen molar-refractivity contribution in [3.05, 3.63) is 126 Å². The van der Waals surface area contributed by atoms with Crippen molar-refractivity contribution in [1.82, 2.24) is 9.55 Å². The van der Waals surface area contributed by atoms with Crippen LogP contribution >= 0.6 is 11.8 Å². The molecule has 4 aromatic carbocycles. The van der Waals surface area contributed by atoms with E-state index in [4.69, 9.17) is 4.98 Å². The Bertz CT molecular complexity index is 1480. The summed E-state index contributed by atoms with van der Waals surface area (Å²) in [6.07, 6.45) is 0. The molecule has 1 unspecified atom stereocenters. The number of hydrogen-bond acceptors (Lipinski definition) is 4. The predicted molar refractivity (Wildman–Crippen MR) is 143 cm³/mol. The summed E-state index contributed by atoms with van der Waals surface area (Å²) in [5.41, 5.74) is 2.72. The lowest BCUT2D eigenvalue weighted by molar-refractivity contribution is -0.117. The van der Waals surface area contributed by atoms with E-state index in [9.17, 15) is 9.59 Å². The molecule has 172 valence electrons. The highest BCUT2D eigenvalue weighted by molar-refractivity contribution is 8.00. The second-order valence-corrected chi connectivity index (χ2v) is 9.30. The molecule has 0 fully saturated rings. The van der Waals surface area contributed by atoms with Crippen LogP contribution in [0, 0.1) is 0 Å². The maximum absolute atomic E-state index is 13.8. The van der Waals surface area contributed by atoms with Crippen molar-refractivity contribution in [3.8, 4) is 5.69 Å². The van der Waals surface area contributed by atoms with Crippen molar-refractivity contribution in [1.29, 1.82) is 0 Å². The Morgan fingerprint density at radius 2 is 1.29 bits per heavy atom. The molecule has 0 bridgehead atoms. The number of thioether (sulfide) groups is 1. The van der Waals surface area contributed by atoms with Gasteiger partial charge in [0.2, 0.25) is 5.91 Å². The molecule has 1 amide bonds. The molecule has 5 nitrogen and oxygen atoms in total. The highest BCUT2D eigenvalue weighted by atomic mass is 32.2. The zero-order valence-corrected chi connectivity index (χ0v) is 19.9. The summed E-state index contributed by atoms with van der Waals surface area (Å²) in [5, 5.41) is 0.496. The van der Waals surface area contributed by atoms with E-state index in [0.717, 1.165) is 11.4 Å². The fraction of sp³-hybridized carbons (Fsp3) is 0.0690. The van der Waals surface area contributed by atoms with Gasteiger partial charge in [-0.05, 0) is 55.5 Å². The highest BCUT2D eigenvalue weighted by Gasteiger charge is 2.26.